The highest BCUT2D eigenvalue weighted by Gasteiger charge is 2.34. The third-order valence-electron chi connectivity index (χ3n) is 6.64. The van der Waals surface area contributed by atoms with E-state index in [1.165, 1.54) is 36.0 Å². The number of likely N-dealkylation sites (N-methyl/N-ethyl adjacent to an activating group) is 1. The molecule has 5 rings (SSSR count). The Labute approximate surface area is 232 Å². The van der Waals surface area contributed by atoms with Crippen molar-refractivity contribution in [1.82, 2.24) is 29.4 Å². The number of methoxy groups -OCH3 is 1. The monoisotopic (exact) mass is 567 g/mol. The van der Waals surface area contributed by atoms with Gasteiger partial charge in [-0.15, -0.1) is 5.10 Å². The standard InChI is InChI=1S/C28H25F4N7O2/c1-37-9-11-38(12-10-37)17-19-3-5-21(14-23(19)28(30,31)32)35-27(40)20-13-18(26(29)34-15-20)4-6-22-16-33-24-7-8-25(41-2)36-39(22)24/h3,5,7-8,13-16H,9-12,17H2,1-2H3,(H,35,40). The molecule has 13 heteroatoms. The van der Waals surface area contributed by atoms with Crippen LogP contribution in [-0.2, 0) is 12.7 Å². The van der Waals surface area contributed by atoms with Gasteiger partial charge in [0.1, 0.15) is 5.69 Å². The van der Waals surface area contributed by atoms with Crippen LogP contribution in [0.3, 0.4) is 0 Å². The Hall–Kier alpha value is -4.54. The number of halogens is 4. The maximum absolute atomic E-state index is 14.4. The number of alkyl halides is 3. The van der Waals surface area contributed by atoms with E-state index in [0.29, 0.717) is 30.3 Å². The molecule has 3 aromatic heterocycles. The van der Waals surface area contributed by atoms with Crippen LogP contribution in [-0.4, -0.2) is 75.6 Å². The zero-order chi connectivity index (χ0) is 29.1. The number of nitrogens with zero attached hydrogens (tertiary/aromatic N) is 6. The molecule has 1 aromatic carbocycles. The van der Waals surface area contributed by atoms with Crippen molar-refractivity contribution in [2.24, 2.45) is 0 Å². The summed E-state index contributed by atoms with van der Waals surface area (Å²) < 4.78 is 62.7. The number of nitrogens with one attached hydrogen (secondary N) is 1. The lowest BCUT2D eigenvalue weighted by Gasteiger charge is -2.33. The largest absolute Gasteiger partial charge is 0.480 e. The van der Waals surface area contributed by atoms with Crippen molar-refractivity contribution < 1.29 is 27.1 Å². The van der Waals surface area contributed by atoms with Crippen molar-refractivity contribution in [3.8, 4) is 17.7 Å². The number of amides is 1. The van der Waals surface area contributed by atoms with E-state index in [1.807, 2.05) is 11.9 Å². The minimum absolute atomic E-state index is 0.0489. The molecule has 41 heavy (non-hydrogen) atoms. The highest BCUT2D eigenvalue weighted by Crippen LogP contribution is 2.34. The zero-order valence-corrected chi connectivity index (χ0v) is 22.2. The van der Waals surface area contributed by atoms with Gasteiger partial charge in [-0.25, -0.2) is 14.5 Å². The summed E-state index contributed by atoms with van der Waals surface area (Å²) in [6.07, 6.45) is -2.18. The normalized spacial score (nSPS) is 14.5. The molecule has 1 aliphatic rings. The van der Waals surface area contributed by atoms with Crippen LogP contribution in [0.5, 0.6) is 5.88 Å². The summed E-state index contributed by atoms with van der Waals surface area (Å²) in [7, 11) is 3.43. The Morgan fingerprint density at radius 1 is 1.05 bits per heavy atom. The lowest BCUT2D eigenvalue weighted by molar-refractivity contribution is -0.138. The SMILES string of the molecule is COc1ccc2ncc(C#Cc3cc(C(=O)Nc4ccc(CN5CCN(C)CC5)c(C(F)(F)F)c4)cnc3F)n2n1. The maximum Gasteiger partial charge on any atom is 0.416 e. The molecule has 1 fully saturated rings. The fraction of sp³-hybridized carbons (Fsp3) is 0.286. The van der Waals surface area contributed by atoms with Gasteiger partial charge in [0, 0.05) is 50.7 Å². The average molecular weight is 568 g/mol. The Morgan fingerprint density at radius 2 is 1.83 bits per heavy atom. The van der Waals surface area contributed by atoms with E-state index in [9.17, 15) is 22.4 Å². The molecular formula is C28H25F4N7O2. The molecule has 1 N–H and O–H groups in total. The predicted octanol–water partition coefficient (Wildman–Crippen LogP) is 3.69. The number of ether oxygens (including phenoxy) is 1. The van der Waals surface area contributed by atoms with Crippen molar-refractivity contribution in [2.75, 3.05) is 45.7 Å². The number of anilines is 1. The van der Waals surface area contributed by atoms with Crippen LogP contribution >= 0.6 is 0 Å². The first-order valence-electron chi connectivity index (χ1n) is 12.6. The maximum atomic E-state index is 14.4. The molecule has 9 nitrogen and oxygen atoms in total. The number of rotatable bonds is 5. The van der Waals surface area contributed by atoms with Gasteiger partial charge in [0.15, 0.2) is 5.65 Å². The first-order chi connectivity index (χ1) is 19.6. The second kappa shape index (κ2) is 11.5. The van der Waals surface area contributed by atoms with Gasteiger partial charge in [-0.1, -0.05) is 12.0 Å². The Morgan fingerprint density at radius 3 is 2.56 bits per heavy atom. The van der Waals surface area contributed by atoms with Crippen LogP contribution in [0.2, 0.25) is 0 Å². The minimum atomic E-state index is -4.61. The second-order valence-electron chi connectivity index (χ2n) is 9.50. The molecule has 4 heterocycles. The second-order valence-corrected chi connectivity index (χ2v) is 9.50. The fourth-order valence-corrected chi connectivity index (χ4v) is 4.35. The Bertz CT molecular complexity index is 1650. The van der Waals surface area contributed by atoms with Crippen molar-refractivity contribution >= 4 is 17.2 Å². The molecule has 0 bridgehead atoms. The summed E-state index contributed by atoms with van der Waals surface area (Å²) in [5.41, 5.74) is -0.180. The first kappa shape index (κ1) is 28.0. The van der Waals surface area contributed by atoms with Crippen molar-refractivity contribution in [3.63, 3.8) is 0 Å². The summed E-state index contributed by atoms with van der Waals surface area (Å²) >= 11 is 0. The van der Waals surface area contributed by atoms with Gasteiger partial charge in [0.25, 0.3) is 5.91 Å². The number of pyridine rings is 1. The van der Waals surface area contributed by atoms with Crippen LogP contribution < -0.4 is 10.1 Å². The molecule has 0 unspecified atom stereocenters. The average Bonchev–Trinajstić information content (AvgIpc) is 3.36. The molecule has 212 valence electrons. The number of hydrogen-bond acceptors (Lipinski definition) is 7. The van der Waals surface area contributed by atoms with Crippen LogP contribution in [0, 0.1) is 17.8 Å². The number of carbonyl (C=O) groups is 1. The molecule has 1 amide bonds. The van der Waals surface area contributed by atoms with E-state index in [0.717, 1.165) is 25.4 Å². The number of aromatic nitrogens is 4. The fourth-order valence-electron chi connectivity index (χ4n) is 4.35. The number of carbonyl (C=O) groups excluding carboxylic acids is 1. The molecule has 1 aliphatic heterocycles. The molecular weight excluding hydrogens is 542 g/mol. The van der Waals surface area contributed by atoms with E-state index in [1.54, 1.807) is 12.1 Å². The summed E-state index contributed by atoms with van der Waals surface area (Å²) in [6, 6.07) is 8.18. The van der Waals surface area contributed by atoms with Crippen LogP contribution in [0.25, 0.3) is 5.65 Å². The van der Waals surface area contributed by atoms with Crippen molar-refractivity contribution in [3.05, 3.63) is 82.7 Å². The predicted molar refractivity (Wildman–Crippen MR) is 142 cm³/mol. The number of imidazole rings is 1. The summed E-state index contributed by atoms with van der Waals surface area (Å²) in [6.45, 7) is 3.03. The van der Waals surface area contributed by atoms with Gasteiger partial charge in [-0.05, 0) is 42.8 Å². The molecule has 0 atom stereocenters. The molecule has 0 radical (unpaired) electrons. The smallest absolute Gasteiger partial charge is 0.416 e. The number of hydrogen-bond donors (Lipinski definition) is 1. The molecule has 4 aromatic rings. The molecule has 0 aliphatic carbocycles. The van der Waals surface area contributed by atoms with Gasteiger partial charge in [-0.3, -0.25) is 9.69 Å². The zero-order valence-electron chi connectivity index (χ0n) is 22.2. The summed E-state index contributed by atoms with van der Waals surface area (Å²) in [4.78, 5) is 24.8. The van der Waals surface area contributed by atoms with Crippen LogP contribution in [0.1, 0.15) is 32.7 Å². The number of piperazine rings is 1. The van der Waals surface area contributed by atoms with Gasteiger partial charge in [-0.2, -0.15) is 17.6 Å². The van der Waals surface area contributed by atoms with E-state index in [4.69, 9.17) is 4.74 Å². The molecule has 0 saturated carbocycles. The minimum Gasteiger partial charge on any atom is -0.480 e. The summed E-state index contributed by atoms with van der Waals surface area (Å²) in [5.74, 6) is 4.01. The van der Waals surface area contributed by atoms with Crippen LogP contribution in [0.15, 0.2) is 48.8 Å². The highest BCUT2D eigenvalue weighted by atomic mass is 19.4. The van der Waals surface area contributed by atoms with Gasteiger partial charge >= 0.3 is 6.18 Å². The number of fused-ring (bicyclic) bond motifs is 1. The van der Waals surface area contributed by atoms with Gasteiger partial charge in [0.05, 0.1) is 30.0 Å². The lowest BCUT2D eigenvalue weighted by atomic mass is 10.0. The van der Waals surface area contributed by atoms with Crippen molar-refractivity contribution in [2.45, 2.75) is 12.7 Å². The van der Waals surface area contributed by atoms with Gasteiger partial charge < -0.3 is 15.0 Å². The topological polar surface area (TPSA) is 87.9 Å². The lowest BCUT2D eigenvalue weighted by Crippen LogP contribution is -2.44. The number of benzene rings is 1. The summed E-state index contributed by atoms with van der Waals surface area (Å²) in [5, 5.41) is 6.67. The third-order valence-corrected chi connectivity index (χ3v) is 6.64. The quantitative estimate of drug-likeness (QED) is 0.224. The molecule has 0 spiro atoms. The van der Waals surface area contributed by atoms with E-state index >= 15 is 0 Å². The van der Waals surface area contributed by atoms with E-state index in [2.05, 4.69) is 37.1 Å². The third kappa shape index (κ3) is 6.45. The van der Waals surface area contributed by atoms with Crippen LogP contribution in [0.4, 0.5) is 23.2 Å². The molecule has 1 saturated heterocycles. The van der Waals surface area contributed by atoms with E-state index in [-0.39, 0.29) is 28.9 Å². The van der Waals surface area contributed by atoms with E-state index < -0.39 is 23.6 Å². The highest BCUT2D eigenvalue weighted by molar-refractivity contribution is 6.04. The van der Waals surface area contributed by atoms with Gasteiger partial charge in [0.2, 0.25) is 11.8 Å². The Kier molecular flexibility index (Phi) is 7.87. The van der Waals surface area contributed by atoms with Crippen molar-refractivity contribution in [1.29, 1.82) is 0 Å². The first-order valence-corrected chi connectivity index (χ1v) is 12.6. The Balaban J connectivity index is 1.35.